The molecule has 5 rings (SSSR count). The van der Waals surface area contributed by atoms with E-state index in [-0.39, 0.29) is 36.7 Å². The summed E-state index contributed by atoms with van der Waals surface area (Å²) in [7, 11) is 0. The van der Waals surface area contributed by atoms with Gasteiger partial charge in [0, 0.05) is 6.42 Å². The minimum absolute atomic E-state index is 0.0157. The molecule has 14 heteroatoms. The first-order chi connectivity index (χ1) is 26.0. The van der Waals surface area contributed by atoms with Crippen LogP contribution in [-0.2, 0) is 56.0 Å². The number of rotatable bonds is 14. The van der Waals surface area contributed by atoms with E-state index in [1.165, 1.54) is 55.5 Å². The number of alkyl halides is 3. The standard InChI is InChI=1S/C40H36F3NO10/c1-26(45)22-23-31(46)51-33-32(49-24-27-14-6-2-7-15-27)34(37(48)50-25-28-16-8-3-9-17-28)53-38(35(33)52-36(47)29-18-10-4-11-19-29)54-39(40(41,42)43)44-30-20-12-5-13-21-30/h2-21,32-35,38H,22-25H2,1H3/t32-,33-,34-,35+,38+/m0/s1. The number of ketones is 1. The number of benzene rings is 4. The Morgan fingerprint density at radius 2 is 1.22 bits per heavy atom. The molecule has 1 aliphatic heterocycles. The van der Waals surface area contributed by atoms with E-state index >= 15 is 0 Å². The number of halogens is 3. The lowest BCUT2D eigenvalue weighted by molar-refractivity contribution is -0.291. The molecule has 5 atom stereocenters. The molecule has 1 heterocycles. The Morgan fingerprint density at radius 1 is 0.667 bits per heavy atom. The molecule has 0 radical (unpaired) electrons. The average Bonchev–Trinajstić information content (AvgIpc) is 3.17. The zero-order valence-corrected chi connectivity index (χ0v) is 28.9. The Bertz CT molecular complexity index is 1880. The lowest BCUT2D eigenvalue weighted by atomic mass is 9.97. The van der Waals surface area contributed by atoms with Gasteiger partial charge in [-0.15, -0.1) is 0 Å². The third-order valence-electron chi connectivity index (χ3n) is 7.89. The number of hydrogen-bond donors (Lipinski definition) is 0. The van der Waals surface area contributed by atoms with Crippen LogP contribution in [0.3, 0.4) is 0 Å². The normalized spacial score (nSPS) is 20.0. The summed E-state index contributed by atoms with van der Waals surface area (Å²) in [6, 6.07) is 31.7. The van der Waals surface area contributed by atoms with Crippen molar-refractivity contribution < 1.29 is 60.8 Å². The molecular weight excluding hydrogens is 711 g/mol. The van der Waals surface area contributed by atoms with E-state index in [1.807, 2.05) is 0 Å². The average molecular weight is 748 g/mol. The van der Waals surface area contributed by atoms with Gasteiger partial charge in [0.05, 0.1) is 24.3 Å². The van der Waals surface area contributed by atoms with E-state index in [2.05, 4.69) is 4.99 Å². The first-order valence-electron chi connectivity index (χ1n) is 16.8. The Morgan fingerprint density at radius 3 is 1.80 bits per heavy atom. The Kier molecular flexibility index (Phi) is 13.7. The fourth-order valence-electron chi connectivity index (χ4n) is 5.26. The van der Waals surface area contributed by atoms with Crippen molar-refractivity contribution in [1.29, 1.82) is 0 Å². The van der Waals surface area contributed by atoms with Crippen molar-refractivity contribution in [2.75, 3.05) is 0 Å². The van der Waals surface area contributed by atoms with Gasteiger partial charge in [-0.05, 0) is 42.3 Å². The molecule has 0 spiro atoms. The molecule has 0 aliphatic carbocycles. The van der Waals surface area contributed by atoms with Crippen LogP contribution in [0, 0.1) is 0 Å². The fraction of sp³-hybridized carbons (Fsp3) is 0.275. The van der Waals surface area contributed by atoms with Gasteiger partial charge in [-0.25, -0.2) is 14.6 Å². The number of Topliss-reactive ketones (excluding diaryl/α,β-unsaturated/α-hetero) is 1. The van der Waals surface area contributed by atoms with Crippen LogP contribution in [0.5, 0.6) is 0 Å². The number of aliphatic imine (C=N–C) groups is 1. The predicted octanol–water partition coefficient (Wildman–Crippen LogP) is 6.86. The van der Waals surface area contributed by atoms with Crippen LogP contribution in [0.2, 0.25) is 0 Å². The third-order valence-corrected chi connectivity index (χ3v) is 7.89. The minimum Gasteiger partial charge on any atom is -0.459 e. The van der Waals surface area contributed by atoms with Crippen LogP contribution < -0.4 is 0 Å². The number of esters is 3. The van der Waals surface area contributed by atoms with Crippen molar-refractivity contribution in [2.24, 2.45) is 4.99 Å². The fourth-order valence-corrected chi connectivity index (χ4v) is 5.26. The van der Waals surface area contributed by atoms with Crippen molar-refractivity contribution >= 4 is 35.3 Å². The van der Waals surface area contributed by atoms with E-state index in [0.29, 0.717) is 11.1 Å². The quantitative estimate of drug-likeness (QED) is 0.0583. The largest absolute Gasteiger partial charge is 0.468 e. The monoisotopic (exact) mass is 747 g/mol. The maximum absolute atomic E-state index is 14.6. The Balaban J connectivity index is 1.60. The van der Waals surface area contributed by atoms with Crippen molar-refractivity contribution in [3.05, 3.63) is 138 Å². The molecule has 0 N–H and O–H groups in total. The summed E-state index contributed by atoms with van der Waals surface area (Å²) >= 11 is 0. The number of hydrogen-bond acceptors (Lipinski definition) is 11. The Hall–Kier alpha value is -5.86. The third kappa shape index (κ3) is 11.3. The van der Waals surface area contributed by atoms with Gasteiger partial charge in [0.15, 0.2) is 12.2 Å². The van der Waals surface area contributed by atoms with Crippen molar-refractivity contribution in [3.63, 3.8) is 0 Å². The van der Waals surface area contributed by atoms with Gasteiger partial charge >= 0.3 is 24.1 Å². The first kappa shape index (κ1) is 39.3. The highest BCUT2D eigenvalue weighted by molar-refractivity contribution is 5.89. The molecule has 1 saturated heterocycles. The first-order valence-corrected chi connectivity index (χ1v) is 16.8. The highest BCUT2D eigenvalue weighted by Crippen LogP contribution is 2.34. The van der Waals surface area contributed by atoms with Crippen LogP contribution in [0.1, 0.15) is 41.3 Å². The zero-order chi connectivity index (χ0) is 38.5. The summed E-state index contributed by atoms with van der Waals surface area (Å²) in [4.78, 5) is 56.1. The van der Waals surface area contributed by atoms with Gasteiger partial charge in [0.1, 0.15) is 18.5 Å². The number of ether oxygens (including phenoxy) is 6. The molecule has 11 nitrogen and oxygen atoms in total. The summed E-state index contributed by atoms with van der Waals surface area (Å²) in [5.74, 6) is -5.34. The number of carbonyl (C=O) groups is 4. The van der Waals surface area contributed by atoms with Gasteiger partial charge < -0.3 is 33.2 Å². The molecule has 0 unspecified atom stereocenters. The van der Waals surface area contributed by atoms with Gasteiger partial charge in [-0.1, -0.05) is 97.1 Å². The maximum Gasteiger partial charge on any atom is 0.468 e. The zero-order valence-electron chi connectivity index (χ0n) is 28.9. The van der Waals surface area contributed by atoms with E-state index < -0.39 is 67.1 Å². The van der Waals surface area contributed by atoms with Gasteiger partial charge in [-0.2, -0.15) is 13.2 Å². The predicted molar refractivity (Wildman–Crippen MR) is 186 cm³/mol. The topological polar surface area (TPSA) is 136 Å². The summed E-state index contributed by atoms with van der Waals surface area (Å²) in [6.45, 7) is 0.771. The SMILES string of the molecule is CC(=O)CCC(=O)O[C@@H]1[C@@H](OC(=O)c2ccccc2)[C@@H](OC(=Nc2ccccc2)C(F)(F)F)O[C@H](C(=O)OCc2ccccc2)[C@H]1OCc1ccccc1. The molecular formula is C40H36F3NO10. The van der Waals surface area contributed by atoms with Crippen molar-refractivity contribution in [1.82, 2.24) is 0 Å². The molecule has 54 heavy (non-hydrogen) atoms. The number of para-hydroxylation sites is 1. The molecule has 1 aliphatic rings. The van der Waals surface area contributed by atoms with Crippen LogP contribution in [0.4, 0.5) is 18.9 Å². The van der Waals surface area contributed by atoms with Crippen LogP contribution in [0.15, 0.2) is 126 Å². The van der Waals surface area contributed by atoms with E-state index in [0.717, 1.165) is 0 Å². The second kappa shape index (κ2) is 18.8. The summed E-state index contributed by atoms with van der Waals surface area (Å²) < 4.78 is 78.3. The lowest BCUT2D eigenvalue weighted by Gasteiger charge is -2.44. The highest BCUT2D eigenvalue weighted by Gasteiger charge is 2.57. The van der Waals surface area contributed by atoms with Crippen LogP contribution in [-0.4, -0.2) is 66.5 Å². The van der Waals surface area contributed by atoms with Gasteiger partial charge in [-0.3, -0.25) is 4.79 Å². The summed E-state index contributed by atoms with van der Waals surface area (Å²) in [5, 5.41) is 0. The second-order valence-electron chi connectivity index (χ2n) is 12.0. The molecule has 0 aromatic heterocycles. The smallest absolute Gasteiger partial charge is 0.459 e. The summed E-state index contributed by atoms with van der Waals surface area (Å²) in [5.41, 5.74) is 1.01. The minimum atomic E-state index is -5.23. The molecule has 4 aromatic carbocycles. The Labute approximate surface area is 308 Å². The maximum atomic E-state index is 14.6. The van der Waals surface area contributed by atoms with Crippen molar-refractivity contribution in [3.8, 4) is 0 Å². The van der Waals surface area contributed by atoms with Crippen LogP contribution in [0.25, 0.3) is 0 Å². The molecule has 1 fully saturated rings. The summed E-state index contributed by atoms with van der Waals surface area (Å²) in [6.07, 6.45) is -15.6. The van der Waals surface area contributed by atoms with Gasteiger partial charge in [0.2, 0.25) is 12.4 Å². The number of nitrogens with zero attached hydrogens (tertiary/aromatic N) is 1. The van der Waals surface area contributed by atoms with Gasteiger partial charge in [0.25, 0.3) is 5.90 Å². The van der Waals surface area contributed by atoms with Crippen LogP contribution >= 0.6 is 0 Å². The highest BCUT2D eigenvalue weighted by atomic mass is 19.4. The molecule has 4 aromatic rings. The molecule has 0 saturated carbocycles. The van der Waals surface area contributed by atoms with Crippen molar-refractivity contribution in [2.45, 2.75) is 69.9 Å². The second-order valence-corrected chi connectivity index (χ2v) is 12.0. The number of carbonyl (C=O) groups excluding carboxylic acids is 4. The lowest BCUT2D eigenvalue weighted by Crippen LogP contribution is -2.64. The van der Waals surface area contributed by atoms with E-state index in [4.69, 9.17) is 28.4 Å². The molecule has 282 valence electrons. The van der Waals surface area contributed by atoms with E-state index in [9.17, 15) is 32.3 Å². The van der Waals surface area contributed by atoms with E-state index in [1.54, 1.807) is 72.8 Å². The molecule has 0 bridgehead atoms. The molecule has 0 amide bonds.